The fraction of sp³-hybridized carbons (Fsp3) is 0.0385. The summed E-state index contributed by atoms with van der Waals surface area (Å²) in [6, 6.07) is 65.2. The summed E-state index contributed by atoms with van der Waals surface area (Å²) < 4.78 is 2.44. The lowest BCUT2D eigenvalue weighted by atomic mass is 9.86. The lowest BCUT2D eigenvalue weighted by molar-refractivity contribution is 0.747. The number of nitrogens with zero attached hydrogens (tertiary/aromatic N) is 2. The molecule has 2 atom stereocenters. The number of para-hydroxylation sites is 2. The molecular weight excluding hydrogens is 653 g/mol. The Bertz CT molecular complexity index is 3210. The molecule has 0 spiro atoms. The average Bonchev–Trinajstić information content (AvgIpc) is 3.75. The van der Waals surface area contributed by atoms with Crippen LogP contribution in [-0.2, 0) is 0 Å². The van der Waals surface area contributed by atoms with E-state index in [2.05, 4.69) is 204 Å². The van der Waals surface area contributed by atoms with Crippen LogP contribution in [0.2, 0.25) is 0 Å². The molecule has 0 radical (unpaired) electrons. The van der Waals surface area contributed by atoms with E-state index in [0.717, 1.165) is 0 Å². The smallest absolute Gasteiger partial charge is 0.0630 e. The molecule has 0 N–H and O–H groups in total. The van der Waals surface area contributed by atoms with Gasteiger partial charge in [-0.15, -0.1) is 0 Å². The van der Waals surface area contributed by atoms with E-state index in [1.807, 2.05) is 0 Å². The molecule has 0 fully saturated rings. The summed E-state index contributed by atoms with van der Waals surface area (Å²) in [5.41, 5.74) is 10.1. The third-order valence-corrected chi connectivity index (χ3v) is 12.1. The number of hydrogen-bond acceptors (Lipinski definition) is 1. The predicted octanol–water partition coefficient (Wildman–Crippen LogP) is 13.7. The molecule has 2 heteroatoms. The lowest BCUT2D eigenvalue weighted by Gasteiger charge is -2.30. The number of rotatable bonds is 3. The van der Waals surface area contributed by atoms with Gasteiger partial charge >= 0.3 is 0 Å². The van der Waals surface area contributed by atoms with Gasteiger partial charge in [0.2, 0.25) is 0 Å². The van der Waals surface area contributed by atoms with Crippen molar-refractivity contribution < 1.29 is 0 Å². The highest BCUT2D eigenvalue weighted by Crippen LogP contribution is 2.50. The largest absolute Gasteiger partial charge is 0.333 e. The summed E-state index contributed by atoms with van der Waals surface area (Å²) in [5, 5.41) is 12.9. The highest BCUT2D eigenvalue weighted by molar-refractivity contribution is 6.25. The van der Waals surface area contributed by atoms with Crippen molar-refractivity contribution in [2.45, 2.75) is 12.0 Å². The molecule has 9 aromatic carbocycles. The summed E-state index contributed by atoms with van der Waals surface area (Å²) in [6.45, 7) is 0. The first-order valence-electron chi connectivity index (χ1n) is 18.9. The number of allylic oxidation sites excluding steroid dienone is 2. The van der Waals surface area contributed by atoms with Gasteiger partial charge < -0.3 is 9.47 Å². The minimum Gasteiger partial charge on any atom is -0.333 e. The van der Waals surface area contributed by atoms with E-state index in [1.165, 1.54) is 98.7 Å². The minimum atomic E-state index is 0.187. The van der Waals surface area contributed by atoms with E-state index in [9.17, 15) is 0 Å². The fourth-order valence-corrected chi connectivity index (χ4v) is 9.70. The number of aromatic nitrogens is 1. The minimum absolute atomic E-state index is 0.187. The predicted molar refractivity (Wildman–Crippen MR) is 229 cm³/mol. The molecule has 0 bridgehead atoms. The fourth-order valence-electron chi connectivity index (χ4n) is 9.70. The van der Waals surface area contributed by atoms with Crippen LogP contribution in [0.25, 0.3) is 76.2 Å². The summed E-state index contributed by atoms with van der Waals surface area (Å²) in [5.74, 6) is 0.234. The van der Waals surface area contributed by atoms with Crippen molar-refractivity contribution in [3.8, 4) is 5.69 Å². The molecule has 2 heterocycles. The second kappa shape index (κ2) is 11.3. The van der Waals surface area contributed by atoms with E-state index in [-0.39, 0.29) is 12.0 Å². The summed E-state index contributed by atoms with van der Waals surface area (Å²) >= 11 is 0. The van der Waals surface area contributed by atoms with Gasteiger partial charge in [-0.3, -0.25) is 0 Å². The standard InChI is InChI=1S/C52H34N2/c1-2-14-37-33(12-1)13-11-23-48(37)54-50-22-10-8-20-44(50)47-31-35(25-29-52(47)54)34-24-28-51-46(30-34)43-19-7-9-21-49(43)53(51)36-26-27-42-40-17-4-3-15-38(40)39-16-5-6-18-41(39)45(42)32-36/h1-32,46,51H. The Labute approximate surface area is 313 Å². The van der Waals surface area contributed by atoms with Crippen molar-refractivity contribution in [2.75, 3.05) is 4.90 Å². The first kappa shape index (κ1) is 29.7. The van der Waals surface area contributed by atoms with Crippen molar-refractivity contribution >= 4 is 81.8 Å². The Morgan fingerprint density at radius 2 is 1.02 bits per heavy atom. The number of hydrogen-bond donors (Lipinski definition) is 0. The number of benzene rings is 9. The van der Waals surface area contributed by atoms with E-state index >= 15 is 0 Å². The van der Waals surface area contributed by atoms with Gasteiger partial charge in [-0.2, -0.15) is 0 Å². The van der Waals surface area contributed by atoms with E-state index in [1.54, 1.807) is 0 Å². The van der Waals surface area contributed by atoms with Gasteiger partial charge in [-0.25, -0.2) is 0 Å². The molecule has 10 aromatic rings. The van der Waals surface area contributed by atoms with Crippen LogP contribution in [0.5, 0.6) is 0 Å². The van der Waals surface area contributed by atoms with Crippen molar-refractivity contribution in [1.82, 2.24) is 4.57 Å². The number of fused-ring (bicyclic) bond motifs is 13. The van der Waals surface area contributed by atoms with Crippen LogP contribution < -0.4 is 4.90 Å². The first-order valence-corrected chi connectivity index (χ1v) is 18.9. The van der Waals surface area contributed by atoms with Gasteiger partial charge in [-0.05, 0) is 96.9 Å². The molecule has 0 saturated carbocycles. The van der Waals surface area contributed by atoms with Gasteiger partial charge in [0, 0.05) is 33.5 Å². The van der Waals surface area contributed by atoms with Gasteiger partial charge in [0.15, 0.2) is 0 Å². The molecular formula is C52H34N2. The maximum Gasteiger partial charge on any atom is 0.0630 e. The first-order chi connectivity index (χ1) is 26.8. The summed E-state index contributed by atoms with van der Waals surface area (Å²) in [6.07, 6.45) is 7.31. The molecule has 1 aromatic heterocycles. The van der Waals surface area contributed by atoms with E-state index < -0.39 is 0 Å². The zero-order valence-corrected chi connectivity index (χ0v) is 29.5. The van der Waals surface area contributed by atoms with Gasteiger partial charge in [-0.1, -0.05) is 152 Å². The zero-order valence-electron chi connectivity index (χ0n) is 29.5. The van der Waals surface area contributed by atoms with Crippen molar-refractivity contribution in [3.63, 3.8) is 0 Å². The Morgan fingerprint density at radius 3 is 1.83 bits per heavy atom. The molecule has 54 heavy (non-hydrogen) atoms. The Hall–Kier alpha value is -6.90. The zero-order chi connectivity index (χ0) is 35.3. The van der Waals surface area contributed by atoms with Crippen molar-refractivity contribution in [1.29, 1.82) is 0 Å². The maximum atomic E-state index is 2.56. The van der Waals surface area contributed by atoms with Crippen molar-refractivity contribution in [3.05, 3.63) is 205 Å². The van der Waals surface area contributed by atoms with E-state index in [4.69, 9.17) is 0 Å². The Morgan fingerprint density at radius 1 is 0.407 bits per heavy atom. The molecule has 1 aliphatic heterocycles. The maximum absolute atomic E-state index is 2.56. The second-order valence-corrected chi connectivity index (χ2v) is 14.8. The highest BCUT2D eigenvalue weighted by Gasteiger charge is 2.38. The third kappa shape index (κ3) is 4.17. The highest BCUT2D eigenvalue weighted by atomic mass is 15.2. The normalized spacial score (nSPS) is 16.5. The van der Waals surface area contributed by atoms with Crippen molar-refractivity contribution in [2.24, 2.45) is 0 Å². The molecule has 252 valence electrons. The Balaban J connectivity index is 0.985. The molecule has 2 aliphatic rings. The molecule has 2 nitrogen and oxygen atoms in total. The van der Waals surface area contributed by atoms with Crippen LogP contribution in [0.3, 0.4) is 0 Å². The molecule has 1 aliphatic carbocycles. The second-order valence-electron chi connectivity index (χ2n) is 14.8. The monoisotopic (exact) mass is 686 g/mol. The van der Waals surface area contributed by atoms with Gasteiger partial charge in [0.1, 0.15) is 0 Å². The van der Waals surface area contributed by atoms with E-state index in [0.29, 0.717) is 0 Å². The third-order valence-electron chi connectivity index (χ3n) is 12.1. The number of anilines is 2. The molecule has 0 saturated heterocycles. The quantitative estimate of drug-likeness (QED) is 0.168. The van der Waals surface area contributed by atoms with Crippen LogP contribution >= 0.6 is 0 Å². The molecule has 0 amide bonds. The van der Waals surface area contributed by atoms with Crippen LogP contribution in [0.4, 0.5) is 11.4 Å². The molecule has 2 unspecified atom stereocenters. The van der Waals surface area contributed by atoms with Gasteiger partial charge in [0.05, 0.1) is 22.8 Å². The average molecular weight is 687 g/mol. The SMILES string of the molecule is C1=CC2C(C=C1c1ccc3c(c1)c1ccccc1n3-c1cccc3ccccc13)c1ccccc1N2c1ccc2c3ccccc3c3ccccc3c2c1. The van der Waals surface area contributed by atoms with Crippen LogP contribution in [0.15, 0.2) is 194 Å². The van der Waals surface area contributed by atoms with Crippen LogP contribution in [0.1, 0.15) is 17.0 Å². The van der Waals surface area contributed by atoms with Crippen LogP contribution in [-0.4, -0.2) is 10.6 Å². The van der Waals surface area contributed by atoms with Gasteiger partial charge in [0.25, 0.3) is 0 Å². The Kier molecular flexibility index (Phi) is 6.20. The lowest BCUT2D eigenvalue weighted by Crippen LogP contribution is -2.28. The summed E-state index contributed by atoms with van der Waals surface area (Å²) in [4.78, 5) is 2.56. The summed E-state index contributed by atoms with van der Waals surface area (Å²) in [7, 11) is 0. The van der Waals surface area contributed by atoms with Crippen LogP contribution in [0, 0.1) is 0 Å². The topological polar surface area (TPSA) is 8.17 Å². The molecule has 12 rings (SSSR count).